The van der Waals surface area contributed by atoms with Crippen LogP contribution in [0.2, 0.25) is 0 Å². The van der Waals surface area contributed by atoms with Gasteiger partial charge in [0, 0.05) is 25.6 Å². The van der Waals surface area contributed by atoms with Crippen LogP contribution < -0.4 is 5.32 Å². The standard InChI is InChI=1S/C14H18BrN3/c1-10-4-6-11(7-5-10)14-13(15)12(8-9-16-2)17-18(14)3/h4-7,16H,8-9H2,1-3H3. The molecule has 4 heteroatoms. The number of nitrogens with one attached hydrogen (secondary N) is 1. The van der Waals surface area contributed by atoms with Crippen LogP contribution in [0, 0.1) is 6.92 Å². The minimum absolute atomic E-state index is 0.927. The third-order valence-corrected chi connectivity index (χ3v) is 3.83. The van der Waals surface area contributed by atoms with Gasteiger partial charge in [0.05, 0.1) is 15.9 Å². The fourth-order valence-electron chi connectivity index (χ4n) is 1.98. The van der Waals surface area contributed by atoms with Gasteiger partial charge in [0.15, 0.2) is 0 Å². The molecule has 0 saturated carbocycles. The Hall–Kier alpha value is -1.13. The molecule has 0 radical (unpaired) electrons. The van der Waals surface area contributed by atoms with E-state index < -0.39 is 0 Å². The molecular formula is C14H18BrN3. The van der Waals surface area contributed by atoms with Gasteiger partial charge in [-0.3, -0.25) is 4.68 Å². The first-order chi connectivity index (χ1) is 8.63. The van der Waals surface area contributed by atoms with Crippen molar-refractivity contribution < 1.29 is 0 Å². The van der Waals surface area contributed by atoms with Crippen molar-refractivity contribution in [3.05, 3.63) is 40.0 Å². The SMILES string of the molecule is CNCCc1nn(C)c(-c2ccc(C)cc2)c1Br. The minimum atomic E-state index is 0.927. The molecule has 0 aliphatic carbocycles. The Balaban J connectivity index is 2.38. The summed E-state index contributed by atoms with van der Waals surface area (Å²) >= 11 is 3.68. The van der Waals surface area contributed by atoms with Gasteiger partial charge in [0.1, 0.15) is 0 Å². The molecule has 0 spiro atoms. The molecule has 3 nitrogen and oxygen atoms in total. The monoisotopic (exact) mass is 307 g/mol. The van der Waals surface area contributed by atoms with Gasteiger partial charge in [-0.1, -0.05) is 29.8 Å². The van der Waals surface area contributed by atoms with Gasteiger partial charge < -0.3 is 5.32 Å². The molecule has 1 heterocycles. The highest BCUT2D eigenvalue weighted by molar-refractivity contribution is 9.10. The number of benzene rings is 1. The van der Waals surface area contributed by atoms with Crippen molar-refractivity contribution in [2.45, 2.75) is 13.3 Å². The summed E-state index contributed by atoms with van der Waals surface area (Å²) < 4.78 is 3.05. The molecule has 96 valence electrons. The highest BCUT2D eigenvalue weighted by atomic mass is 79.9. The van der Waals surface area contributed by atoms with E-state index in [0.29, 0.717) is 0 Å². The number of likely N-dealkylation sites (N-methyl/N-ethyl adjacent to an activating group) is 1. The Labute approximate surface area is 116 Å². The van der Waals surface area contributed by atoms with E-state index in [2.05, 4.69) is 57.5 Å². The predicted octanol–water partition coefficient (Wildman–Crippen LogP) is 2.92. The van der Waals surface area contributed by atoms with Crippen molar-refractivity contribution in [1.82, 2.24) is 15.1 Å². The molecule has 0 amide bonds. The van der Waals surface area contributed by atoms with Crippen LogP contribution in [0.25, 0.3) is 11.3 Å². The molecule has 0 aliphatic rings. The first kappa shape index (κ1) is 13.3. The summed E-state index contributed by atoms with van der Waals surface area (Å²) in [7, 11) is 3.94. The van der Waals surface area contributed by atoms with Gasteiger partial charge >= 0.3 is 0 Å². The fourth-order valence-corrected chi connectivity index (χ4v) is 2.74. The van der Waals surface area contributed by atoms with E-state index >= 15 is 0 Å². The largest absolute Gasteiger partial charge is 0.319 e. The highest BCUT2D eigenvalue weighted by Gasteiger charge is 2.14. The summed E-state index contributed by atoms with van der Waals surface area (Å²) in [5.41, 5.74) is 4.70. The van der Waals surface area contributed by atoms with Gasteiger partial charge in [-0.2, -0.15) is 5.10 Å². The molecule has 2 aromatic rings. The molecule has 1 N–H and O–H groups in total. The van der Waals surface area contributed by atoms with Crippen LogP contribution in [0.15, 0.2) is 28.7 Å². The number of aromatic nitrogens is 2. The maximum Gasteiger partial charge on any atom is 0.0824 e. The number of aryl methyl sites for hydroxylation is 2. The predicted molar refractivity (Wildman–Crippen MR) is 78.7 cm³/mol. The summed E-state index contributed by atoms with van der Waals surface area (Å²) in [5.74, 6) is 0. The maximum absolute atomic E-state index is 4.58. The molecule has 0 aliphatic heterocycles. The van der Waals surface area contributed by atoms with Crippen LogP contribution in [0.4, 0.5) is 0 Å². The van der Waals surface area contributed by atoms with E-state index in [1.807, 2.05) is 18.8 Å². The number of hydrogen-bond acceptors (Lipinski definition) is 2. The van der Waals surface area contributed by atoms with Crippen molar-refractivity contribution in [2.24, 2.45) is 7.05 Å². The van der Waals surface area contributed by atoms with Crippen molar-refractivity contribution in [1.29, 1.82) is 0 Å². The zero-order valence-corrected chi connectivity index (χ0v) is 12.6. The third-order valence-electron chi connectivity index (χ3n) is 2.99. The van der Waals surface area contributed by atoms with Crippen molar-refractivity contribution in [3.63, 3.8) is 0 Å². The summed E-state index contributed by atoms with van der Waals surface area (Å²) in [5, 5.41) is 7.73. The van der Waals surface area contributed by atoms with Crippen molar-refractivity contribution >= 4 is 15.9 Å². The average molecular weight is 308 g/mol. The topological polar surface area (TPSA) is 29.9 Å². The van der Waals surface area contributed by atoms with Crippen LogP contribution in [-0.4, -0.2) is 23.4 Å². The Bertz CT molecular complexity index is 529. The number of rotatable bonds is 4. The summed E-state index contributed by atoms with van der Waals surface area (Å²) in [6, 6.07) is 8.53. The zero-order chi connectivity index (χ0) is 13.1. The van der Waals surface area contributed by atoms with Crippen LogP contribution >= 0.6 is 15.9 Å². The summed E-state index contributed by atoms with van der Waals surface area (Å²) in [6.45, 7) is 3.03. The average Bonchev–Trinajstić information content (AvgIpc) is 2.63. The smallest absolute Gasteiger partial charge is 0.0824 e. The van der Waals surface area contributed by atoms with Crippen LogP contribution in [-0.2, 0) is 13.5 Å². The second-order valence-corrected chi connectivity index (χ2v) is 5.25. The molecular weight excluding hydrogens is 290 g/mol. The van der Waals surface area contributed by atoms with E-state index in [1.54, 1.807) is 0 Å². The van der Waals surface area contributed by atoms with Crippen molar-refractivity contribution in [3.8, 4) is 11.3 Å². The fraction of sp³-hybridized carbons (Fsp3) is 0.357. The number of hydrogen-bond donors (Lipinski definition) is 1. The first-order valence-electron chi connectivity index (χ1n) is 6.06. The molecule has 1 aromatic carbocycles. The van der Waals surface area contributed by atoms with Crippen LogP contribution in [0.1, 0.15) is 11.3 Å². The Morgan fingerprint density at radius 2 is 1.94 bits per heavy atom. The first-order valence-corrected chi connectivity index (χ1v) is 6.85. The van der Waals surface area contributed by atoms with Gasteiger partial charge in [-0.15, -0.1) is 0 Å². The van der Waals surface area contributed by atoms with Gasteiger partial charge in [0.2, 0.25) is 0 Å². The lowest BCUT2D eigenvalue weighted by Crippen LogP contribution is -2.11. The van der Waals surface area contributed by atoms with E-state index in [9.17, 15) is 0 Å². The van der Waals surface area contributed by atoms with Crippen LogP contribution in [0.5, 0.6) is 0 Å². The number of nitrogens with zero attached hydrogens (tertiary/aromatic N) is 2. The van der Waals surface area contributed by atoms with Gasteiger partial charge in [0.25, 0.3) is 0 Å². The summed E-state index contributed by atoms with van der Waals surface area (Å²) in [6.07, 6.45) is 0.927. The third kappa shape index (κ3) is 2.65. The molecule has 0 unspecified atom stereocenters. The van der Waals surface area contributed by atoms with Gasteiger partial charge in [-0.25, -0.2) is 0 Å². The van der Waals surface area contributed by atoms with Gasteiger partial charge in [-0.05, 0) is 29.9 Å². The highest BCUT2D eigenvalue weighted by Crippen LogP contribution is 2.30. The Morgan fingerprint density at radius 3 is 2.56 bits per heavy atom. The second-order valence-electron chi connectivity index (χ2n) is 4.45. The molecule has 1 aromatic heterocycles. The van der Waals surface area contributed by atoms with Crippen molar-refractivity contribution in [2.75, 3.05) is 13.6 Å². The molecule has 0 atom stereocenters. The Kier molecular flexibility index (Phi) is 4.19. The molecule has 0 bridgehead atoms. The maximum atomic E-state index is 4.58. The lowest BCUT2D eigenvalue weighted by atomic mass is 10.1. The Morgan fingerprint density at radius 1 is 1.28 bits per heavy atom. The zero-order valence-electron chi connectivity index (χ0n) is 11.0. The van der Waals surface area contributed by atoms with E-state index in [4.69, 9.17) is 0 Å². The summed E-state index contributed by atoms with van der Waals surface area (Å²) in [4.78, 5) is 0. The molecule has 18 heavy (non-hydrogen) atoms. The molecule has 2 rings (SSSR count). The molecule has 0 fully saturated rings. The van der Waals surface area contributed by atoms with E-state index in [-0.39, 0.29) is 0 Å². The molecule has 0 saturated heterocycles. The minimum Gasteiger partial charge on any atom is -0.319 e. The van der Waals surface area contributed by atoms with Crippen LogP contribution in [0.3, 0.4) is 0 Å². The lowest BCUT2D eigenvalue weighted by molar-refractivity contribution is 0.720. The van der Waals surface area contributed by atoms with E-state index in [1.165, 1.54) is 11.1 Å². The quantitative estimate of drug-likeness (QED) is 0.941. The lowest BCUT2D eigenvalue weighted by Gasteiger charge is -2.03. The van der Waals surface area contributed by atoms with E-state index in [0.717, 1.165) is 28.8 Å². The second kappa shape index (κ2) is 5.67. The normalized spacial score (nSPS) is 10.9. The number of halogens is 1.